The van der Waals surface area contributed by atoms with E-state index in [4.69, 9.17) is 74.7 Å². The molecule has 2 aromatic rings. The number of hydrogen-bond donors (Lipinski definition) is 1. The van der Waals surface area contributed by atoms with Gasteiger partial charge in [0.15, 0.2) is 0 Å². The van der Waals surface area contributed by atoms with E-state index in [1.165, 1.54) is 12.1 Å². The van der Waals surface area contributed by atoms with Crippen LogP contribution in [0, 0.1) is 0 Å². The molecule has 0 fully saturated rings. The predicted molar refractivity (Wildman–Crippen MR) is 91.1 cm³/mol. The van der Waals surface area contributed by atoms with Gasteiger partial charge in [-0.3, -0.25) is 4.79 Å². The second kappa shape index (κ2) is 7.00. The highest BCUT2D eigenvalue weighted by atomic mass is 35.5. The number of carboxylic acid groups (broad SMARTS) is 1. The summed E-state index contributed by atoms with van der Waals surface area (Å²) in [7, 11) is 0. The number of aliphatic carboxylic acids is 1. The number of halogens is 6. The maximum atomic E-state index is 10.8. The molecule has 0 aliphatic rings. The van der Waals surface area contributed by atoms with E-state index in [9.17, 15) is 4.79 Å². The molecule has 0 saturated heterocycles. The number of carbonyl (C=O) groups is 1. The Morgan fingerprint density at radius 3 is 1.91 bits per heavy atom. The van der Waals surface area contributed by atoms with Gasteiger partial charge in [0.2, 0.25) is 0 Å². The molecule has 1 aromatic heterocycles. The molecule has 0 bridgehead atoms. The molecule has 0 aliphatic heterocycles. The Bertz CT molecular complexity index is 749. The maximum absolute atomic E-state index is 10.8. The van der Waals surface area contributed by atoms with Crippen LogP contribution in [0.5, 0.6) is 0 Å². The van der Waals surface area contributed by atoms with Gasteiger partial charge in [-0.25, -0.2) is 4.98 Å². The molecule has 0 saturated carbocycles. The van der Waals surface area contributed by atoms with Gasteiger partial charge in [-0.2, -0.15) is 0 Å². The second-order valence-corrected chi connectivity index (χ2v) is 6.48. The first-order valence-electron chi connectivity index (χ1n) is 5.62. The zero-order valence-electron chi connectivity index (χ0n) is 10.4. The number of carboxylic acids is 1. The average molecular weight is 420 g/mol. The van der Waals surface area contributed by atoms with Crippen LogP contribution < -0.4 is 0 Å². The van der Waals surface area contributed by atoms with Gasteiger partial charge in [-0.1, -0.05) is 69.6 Å². The Hall–Kier alpha value is -0.420. The highest BCUT2D eigenvalue weighted by Gasteiger charge is 2.22. The van der Waals surface area contributed by atoms with E-state index in [0.717, 1.165) is 0 Å². The van der Waals surface area contributed by atoms with E-state index in [-0.39, 0.29) is 47.9 Å². The summed E-state index contributed by atoms with van der Waals surface area (Å²) in [6, 6.07) is 2.92. The van der Waals surface area contributed by atoms with Crippen LogP contribution >= 0.6 is 69.6 Å². The van der Waals surface area contributed by atoms with E-state index in [2.05, 4.69) is 4.98 Å². The largest absolute Gasteiger partial charge is 0.481 e. The first-order valence-corrected chi connectivity index (χ1v) is 7.89. The highest BCUT2D eigenvalue weighted by Crippen LogP contribution is 2.48. The summed E-state index contributed by atoms with van der Waals surface area (Å²) < 4.78 is 0. The van der Waals surface area contributed by atoms with E-state index in [0.29, 0.717) is 5.56 Å². The van der Waals surface area contributed by atoms with Gasteiger partial charge >= 0.3 is 5.97 Å². The third-order valence-electron chi connectivity index (χ3n) is 2.68. The molecule has 9 heteroatoms. The van der Waals surface area contributed by atoms with E-state index >= 15 is 0 Å². The molecule has 116 valence electrons. The molecule has 0 spiro atoms. The van der Waals surface area contributed by atoms with Gasteiger partial charge in [0.05, 0.1) is 37.2 Å². The lowest BCUT2D eigenvalue weighted by Crippen LogP contribution is -2.01. The SMILES string of the molecule is O=C(O)Cc1cc(Cl)nc(-c2c(Cl)c(Cl)c(Cl)c(Cl)c2Cl)c1. The zero-order valence-corrected chi connectivity index (χ0v) is 15.0. The molecule has 0 unspecified atom stereocenters. The summed E-state index contributed by atoms with van der Waals surface area (Å²) in [6.45, 7) is 0. The number of hydrogen-bond acceptors (Lipinski definition) is 2. The summed E-state index contributed by atoms with van der Waals surface area (Å²) in [5.74, 6) is -1.02. The Morgan fingerprint density at radius 2 is 1.41 bits per heavy atom. The molecular formula is C13H5Cl6NO2. The van der Waals surface area contributed by atoms with Crippen molar-refractivity contribution >= 4 is 75.6 Å². The van der Waals surface area contributed by atoms with Crippen molar-refractivity contribution in [3.05, 3.63) is 48.0 Å². The lowest BCUT2D eigenvalue weighted by Gasteiger charge is -2.13. The molecule has 1 N–H and O–H groups in total. The zero-order chi connectivity index (χ0) is 16.6. The highest BCUT2D eigenvalue weighted by molar-refractivity contribution is 6.56. The summed E-state index contributed by atoms with van der Waals surface area (Å²) in [6.07, 6.45) is -0.237. The molecule has 3 nitrogen and oxygen atoms in total. The van der Waals surface area contributed by atoms with Crippen LogP contribution in [0.4, 0.5) is 0 Å². The molecule has 22 heavy (non-hydrogen) atoms. The van der Waals surface area contributed by atoms with Gasteiger partial charge in [-0.05, 0) is 17.7 Å². The van der Waals surface area contributed by atoms with Gasteiger partial charge in [0.25, 0.3) is 0 Å². The van der Waals surface area contributed by atoms with E-state index in [1.54, 1.807) is 0 Å². The van der Waals surface area contributed by atoms with Crippen LogP contribution in [0.25, 0.3) is 11.3 Å². The fourth-order valence-corrected chi connectivity index (χ4v) is 3.35. The van der Waals surface area contributed by atoms with Crippen LogP contribution in [0.15, 0.2) is 12.1 Å². The predicted octanol–water partition coefficient (Wildman–Crippen LogP) is 6.30. The van der Waals surface area contributed by atoms with Crippen LogP contribution in [-0.4, -0.2) is 16.1 Å². The van der Waals surface area contributed by atoms with Crippen LogP contribution in [0.1, 0.15) is 5.56 Å². The minimum atomic E-state index is -1.02. The van der Waals surface area contributed by atoms with Crippen LogP contribution in [-0.2, 0) is 11.2 Å². The van der Waals surface area contributed by atoms with Crippen molar-refractivity contribution in [2.45, 2.75) is 6.42 Å². The van der Waals surface area contributed by atoms with Crippen molar-refractivity contribution in [2.24, 2.45) is 0 Å². The smallest absolute Gasteiger partial charge is 0.307 e. The van der Waals surface area contributed by atoms with Crippen molar-refractivity contribution in [1.82, 2.24) is 4.98 Å². The van der Waals surface area contributed by atoms with Crippen molar-refractivity contribution < 1.29 is 9.90 Å². The monoisotopic (exact) mass is 417 g/mol. The lowest BCUT2D eigenvalue weighted by molar-refractivity contribution is -0.136. The second-order valence-electron chi connectivity index (χ2n) is 4.20. The Balaban J connectivity index is 2.72. The summed E-state index contributed by atoms with van der Waals surface area (Å²) in [5.41, 5.74) is 0.910. The normalized spacial score (nSPS) is 10.8. The van der Waals surface area contributed by atoms with E-state index in [1.807, 2.05) is 0 Å². The molecule has 1 aromatic carbocycles. The number of rotatable bonds is 3. The molecule has 0 atom stereocenters. The Kier molecular flexibility index (Phi) is 5.70. The molecule has 0 amide bonds. The van der Waals surface area contributed by atoms with Gasteiger partial charge in [-0.15, -0.1) is 0 Å². The fraction of sp³-hybridized carbons (Fsp3) is 0.0769. The first kappa shape index (κ1) is 17.9. The molecule has 1 heterocycles. The summed E-state index contributed by atoms with van der Waals surface area (Å²) in [5, 5.41) is 9.14. The van der Waals surface area contributed by atoms with Gasteiger partial charge in [0.1, 0.15) is 5.15 Å². The molecule has 2 rings (SSSR count). The number of aromatic nitrogens is 1. The third kappa shape index (κ3) is 3.56. The lowest BCUT2D eigenvalue weighted by atomic mass is 10.1. The fourth-order valence-electron chi connectivity index (χ4n) is 1.78. The third-order valence-corrected chi connectivity index (χ3v) is 5.15. The quantitative estimate of drug-likeness (QED) is 0.361. The molecular weight excluding hydrogens is 415 g/mol. The van der Waals surface area contributed by atoms with Gasteiger partial charge in [0, 0.05) is 5.56 Å². The number of nitrogens with zero attached hydrogens (tertiary/aromatic N) is 1. The standard InChI is InChI=1S/C13H5Cl6NO2/c14-6-2-4(3-7(21)22)1-5(20-6)8-9(15)11(17)13(19)12(18)10(8)16/h1-2H,3H2,(H,21,22). The average Bonchev–Trinajstić information content (AvgIpc) is 2.42. The van der Waals surface area contributed by atoms with Crippen molar-refractivity contribution in [2.75, 3.05) is 0 Å². The maximum Gasteiger partial charge on any atom is 0.307 e. The minimum Gasteiger partial charge on any atom is -0.481 e. The van der Waals surface area contributed by atoms with Gasteiger partial charge < -0.3 is 5.11 Å². The first-order chi connectivity index (χ1) is 10.2. The minimum absolute atomic E-state index is 0.0225. The summed E-state index contributed by atoms with van der Waals surface area (Å²) >= 11 is 36.2. The van der Waals surface area contributed by atoms with Crippen LogP contribution in [0.3, 0.4) is 0 Å². The van der Waals surface area contributed by atoms with Crippen molar-refractivity contribution in [1.29, 1.82) is 0 Å². The molecule has 0 radical (unpaired) electrons. The molecule has 0 aliphatic carbocycles. The summed E-state index contributed by atoms with van der Waals surface area (Å²) in [4.78, 5) is 14.9. The number of pyridine rings is 1. The Morgan fingerprint density at radius 1 is 0.909 bits per heavy atom. The van der Waals surface area contributed by atoms with Crippen molar-refractivity contribution in [3.63, 3.8) is 0 Å². The van der Waals surface area contributed by atoms with Crippen molar-refractivity contribution in [3.8, 4) is 11.3 Å². The Labute approximate surface area is 155 Å². The van der Waals surface area contributed by atoms with E-state index < -0.39 is 5.97 Å². The topological polar surface area (TPSA) is 50.2 Å². The number of benzene rings is 1. The van der Waals surface area contributed by atoms with Crippen LogP contribution in [0.2, 0.25) is 30.3 Å².